The largest absolute Gasteiger partial charge is 0.481 e. The molecule has 1 rings (SSSR count). The first kappa shape index (κ1) is 17.0. The molecule has 7 heteroatoms. The van der Waals surface area contributed by atoms with Crippen molar-refractivity contribution < 1.29 is 27.9 Å². The first-order chi connectivity index (χ1) is 9.75. The molecule has 1 aromatic rings. The van der Waals surface area contributed by atoms with Gasteiger partial charge in [0.1, 0.15) is 0 Å². The number of carboxylic acid groups (broad SMARTS) is 1. The summed E-state index contributed by atoms with van der Waals surface area (Å²) < 4.78 is 38.0. The van der Waals surface area contributed by atoms with E-state index >= 15 is 0 Å². The molecule has 0 saturated carbocycles. The van der Waals surface area contributed by atoms with Gasteiger partial charge in [-0.3, -0.25) is 9.59 Å². The van der Waals surface area contributed by atoms with E-state index in [2.05, 4.69) is 5.32 Å². The van der Waals surface area contributed by atoms with Gasteiger partial charge in [0.15, 0.2) is 0 Å². The van der Waals surface area contributed by atoms with Gasteiger partial charge in [-0.2, -0.15) is 13.2 Å². The smallest absolute Gasteiger partial charge is 0.416 e. The van der Waals surface area contributed by atoms with Crippen molar-refractivity contribution in [3.05, 3.63) is 35.4 Å². The fourth-order valence-electron chi connectivity index (χ4n) is 1.92. The molecular formula is C14H16F3NO3. The summed E-state index contributed by atoms with van der Waals surface area (Å²) in [5.74, 6) is -2.26. The fraction of sp³-hybridized carbons (Fsp3) is 0.429. The molecule has 0 aliphatic carbocycles. The fourth-order valence-corrected chi connectivity index (χ4v) is 1.92. The molecule has 2 N–H and O–H groups in total. The maximum atomic E-state index is 12.7. The number of hydrogen-bond donors (Lipinski definition) is 2. The summed E-state index contributed by atoms with van der Waals surface area (Å²) in [4.78, 5) is 22.3. The number of benzene rings is 1. The van der Waals surface area contributed by atoms with Crippen molar-refractivity contribution in [2.24, 2.45) is 0 Å². The molecule has 1 atom stereocenters. The Bertz CT molecular complexity index is 514. The van der Waals surface area contributed by atoms with E-state index in [-0.39, 0.29) is 18.5 Å². The Balaban J connectivity index is 2.84. The molecule has 0 spiro atoms. The van der Waals surface area contributed by atoms with Crippen LogP contribution in [0.5, 0.6) is 0 Å². The molecule has 4 nitrogen and oxygen atoms in total. The van der Waals surface area contributed by atoms with Crippen LogP contribution in [0.4, 0.5) is 13.2 Å². The van der Waals surface area contributed by atoms with Gasteiger partial charge in [0.2, 0.25) is 5.91 Å². The average molecular weight is 303 g/mol. The zero-order chi connectivity index (χ0) is 16.0. The van der Waals surface area contributed by atoms with Crippen molar-refractivity contribution in [1.29, 1.82) is 0 Å². The number of alkyl halides is 3. The number of hydrogen-bond acceptors (Lipinski definition) is 2. The van der Waals surface area contributed by atoms with Crippen LogP contribution < -0.4 is 5.32 Å². The predicted molar refractivity (Wildman–Crippen MR) is 69.7 cm³/mol. The number of halogens is 3. The van der Waals surface area contributed by atoms with Gasteiger partial charge in [-0.15, -0.1) is 0 Å². The molecule has 0 saturated heterocycles. The number of carbonyl (C=O) groups excluding carboxylic acids is 1. The number of nitrogens with one attached hydrogen (secondary N) is 1. The molecule has 0 bridgehead atoms. The van der Waals surface area contributed by atoms with Gasteiger partial charge in [-0.1, -0.05) is 25.1 Å². The first-order valence-electron chi connectivity index (χ1n) is 6.42. The van der Waals surface area contributed by atoms with Crippen LogP contribution in [0.15, 0.2) is 24.3 Å². The zero-order valence-corrected chi connectivity index (χ0v) is 11.4. The highest BCUT2D eigenvalue weighted by Gasteiger charge is 2.31. The summed E-state index contributed by atoms with van der Waals surface area (Å²) in [7, 11) is 0. The molecule has 0 aliphatic heterocycles. The van der Waals surface area contributed by atoms with E-state index in [0.717, 1.165) is 12.1 Å². The lowest BCUT2D eigenvalue weighted by Gasteiger charge is -2.16. The molecular weight excluding hydrogens is 287 g/mol. The average Bonchev–Trinajstić information content (AvgIpc) is 2.38. The highest BCUT2D eigenvalue weighted by atomic mass is 19.4. The van der Waals surface area contributed by atoms with Crippen LogP contribution in [0.2, 0.25) is 0 Å². The SMILES string of the molecule is CCC(C(=O)NCCC(=O)O)c1cccc(C(F)(F)F)c1. The van der Waals surface area contributed by atoms with E-state index < -0.39 is 29.5 Å². The third kappa shape index (κ3) is 5.09. The van der Waals surface area contributed by atoms with Gasteiger partial charge in [0.25, 0.3) is 0 Å². The van der Waals surface area contributed by atoms with Crippen LogP contribution in [0.3, 0.4) is 0 Å². The van der Waals surface area contributed by atoms with E-state index in [1.807, 2.05) is 0 Å². The minimum atomic E-state index is -4.46. The third-order valence-electron chi connectivity index (χ3n) is 2.98. The van der Waals surface area contributed by atoms with Crippen LogP contribution >= 0.6 is 0 Å². The topological polar surface area (TPSA) is 66.4 Å². The highest BCUT2D eigenvalue weighted by Crippen LogP contribution is 2.31. The molecule has 0 aromatic heterocycles. The summed E-state index contributed by atoms with van der Waals surface area (Å²) in [6, 6.07) is 4.61. The summed E-state index contributed by atoms with van der Waals surface area (Å²) in [6.45, 7) is 1.63. The third-order valence-corrected chi connectivity index (χ3v) is 2.98. The van der Waals surface area contributed by atoms with E-state index in [4.69, 9.17) is 5.11 Å². The molecule has 0 fully saturated rings. The van der Waals surface area contributed by atoms with E-state index in [1.165, 1.54) is 12.1 Å². The van der Waals surface area contributed by atoms with Gasteiger partial charge >= 0.3 is 12.1 Å². The maximum absolute atomic E-state index is 12.7. The Kier molecular flexibility index (Phi) is 5.75. The number of rotatable bonds is 6. The Labute approximate surface area is 120 Å². The maximum Gasteiger partial charge on any atom is 0.416 e. The quantitative estimate of drug-likeness (QED) is 0.849. The van der Waals surface area contributed by atoms with Gasteiger partial charge in [0, 0.05) is 6.54 Å². The second-order valence-electron chi connectivity index (χ2n) is 4.52. The van der Waals surface area contributed by atoms with Crippen molar-refractivity contribution >= 4 is 11.9 Å². The van der Waals surface area contributed by atoms with Crippen LogP contribution in [0, 0.1) is 0 Å². The van der Waals surface area contributed by atoms with Crippen molar-refractivity contribution in [1.82, 2.24) is 5.32 Å². The minimum Gasteiger partial charge on any atom is -0.481 e. The van der Waals surface area contributed by atoms with Crippen LogP contribution in [0.1, 0.15) is 36.8 Å². The minimum absolute atomic E-state index is 0.0520. The second kappa shape index (κ2) is 7.10. The lowest BCUT2D eigenvalue weighted by molar-refractivity contribution is -0.138. The Morgan fingerprint density at radius 3 is 2.52 bits per heavy atom. The molecule has 1 unspecified atom stereocenters. The van der Waals surface area contributed by atoms with Crippen molar-refractivity contribution in [3.63, 3.8) is 0 Å². The van der Waals surface area contributed by atoms with Crippen molar-refractivity contribution in [3.8, 4) is 0 Å². The number of amides is 1. The zero-order valence-electron chi connectivity index (χ0n) is 11.4. The second-order valence-corrected chi connectivity index (χ2v) is 4.52. The Morgan fingerprint density at radius 2 is 2.00 bits per heavy atom. The molecule has 1 amide bonds. The van der Waals surface area contributed by atoms with E-state index in [9.17, 15) is 22.8 Å². The molecule has 0 radical (unpaired) electrons. The van der Waals surface area contributed by atoms with Gasteiger partial charge < -0.3 is 10.4 Å². The first-order valence-corrected chi connectivity index (χ1v) is 6.42. The Hall–Kier alpha value is -2.05. The van der Waals surface area contributed by atoms with Crippen molar-refractivity contribution in [2.45, 2.75) is 31.9 Å². The van der Waals surface area contributed by atoms with E-state index in [1.54, 1.807) is 6.92 Å². The van der Waals surface area contributed by atoms with Gasteiger partial charge in [0.05, 0.1) is 17.9 Å². The summed E-state index contributed by atoms with van der Waals surface area (Å²) >= 11 is 0. The predicted octanol–water partition coefficient (Wildman–Crippen LogP) is 2.79. The number of carboxylic acids is 1. The van der Waals surface area contributed by atoms with Gasteiger partial charge in [-0.05, 0) is 18.1 Å². The lowest BCUT2D eigenvalue weighted by atomic mass is 9.94. The highest BCUT2D eigenvalue weighted by molar-refractivity contribution is 5.84. The molecule has 1 aromatic carbocycles. The van der Waals surface area contributed by atoms with Gasteiger partial charge in [-0.25, -0.2) is 0 Å². The van der Waals surface area contributed by atoms with Crippen LogP contribution in [-0.4, -0.2) is 23.5 Å². The molecule has 21 heavy (non-hydrogen) atoms. The number of aliphatic carboxylic acids is 1. The summed E-state index contributed by atoms with van der Waals surface area (Å²) in [6.07, 6.45) is -4.38. The lowest BCUT2D eigenvalue weighted by Crippen LogP contribution is -2.31. The summed E-state index contributed by atoms with van der Waals surface area (Å²) in [5.41, 5.74) is -0.545. The standard InChI is InChI=1S/C14H16F3NO3/c1-2-11(13(21)18-7-6-12(19)20)9-4-3-5-10(8-9)14(15,16)17/h3-5,8,11H,2,6-7H2,1H3,(H,18,21)(H,19,20). The summed E-state index contributed by atoms with van der Waals surface area (Å²) in [5, 5.41) is 10.9. The van der Waals surface area contributed by atoms with Crippen LogP contribution in [-0.2, 0) is 15.8 Å². The normalized spacial score (nSPS) is 12.8. The Morgan fingerprint density at radius 1 is 1.33 bits per heavy atom. The van der Waals surface area contributed by atoms with Crippen molar-refractivity contribution in [2.75, 3.05) is 6.54 Å². The molecule has 116 valence electrons. The van der Waals surface area contributed by atoms with E-state index in [0.29, 0.717) is 6.42 Å². The molecule has 0 heterocycles. The van der Waals surface area contributed by atoms with Crippen LogP contribution in [0.25, 0.3) is 0 Å². The monoisotopic (exact) mass is 303 g/mol. The number of carbonyl (C=O) groups is 2. The molecule has 0 aliphatic rings.